The van der Waals surface area contributed by atoms with Gasteiger partial charge in [-0.05, 0) is 11.6 Å². The van der Waals surface area contributed by atoms with Gasteiger partial charge in [-0.3, -0.25) is 14.5 Å². The summed E-state index contributed by atoms with van der Waals surface area (Å²) in [7, 11) is 3.11. The van der Waals surface area contributed by atoms with Crippen molar-refractivity contribution in [3.05, 3.63) is 11.0 Å². The predicted molar refractivity (Wildman–Crippen MR) is 54.0 cm³/mol. The molecule has 0 bridgehead atoms. The van der Waals surface area contributed by atoms with Crippen LogP contribution in [0.3, 0.4) is 0 Å². The Balaban J connectivity index is 2.58. The van der Waals surface area contributed by atoms with Crippen LogP contribution in [0.15, 0.2) is 0 Å². The molecule has 0 atom stereocenters. The number of fused-ring (bicyclic) bond motifs is 1. The molecule has 0 saturated heterocycles. The second kappa shape index (κ2) is 3.23. The van der Waals surface area contributed by atoms with E-state index in [4.69, 9.17) is 11.6 Å². The summed E-state index contributed by atoms with van der Waals surface area (Å²) >= 11 is 5.65. The highest BCUT2D eigenvalue weighted by Gasteiger charge is 2.30. The van der Waals surface area contributed by atoms with E-state index in [1.54, 1.807) is 14.1 Å². The van der Waals surface area contributed by atoms with Gasteiger partial charge in [-0.15, -0.1) is 0 Å². The van der Waals surface area contributed by atoms with Gasteiger partial charge in [0.2, 0.25) is 11.2 Å². The maximum absolute atomic E-state index is 11.8. The smallest absolute Gasteiger partial charge is 0.274 e. The van der Waals surface area contributed by atoms with Gasteiger partial charge in [0.1, 0.15) is 6.54 Å². The van der Waals surface area contributed by atoms with Crippen molar-refractivity contribution in [2.24, 2.45) is 0 Å². The van der Waals surface area contributed by atoms with Crippen molar-refractivity contribution in [1.82, 2.24) is 14.9 Å². The molecule has 1 aliphatic rings. The highest BCUT2D eigenvalue weighted by atomic mass is 35.5. The first-order valence-electron chi connectivity index (χ1n) is 4.28. The molecule has 0 aromatic carbocycles. The first-order valence-corrected chi connectivity index (χ1v) is 4.66. The molecule has 80 valence electrons. The summed E-state index contributed by atoms with van der Waals surface area (Å²) in [5, 5.41) is 0.100. The molecule has 1 N–H and O–H groups in total. The van der Waals surface area contributed by atoms with E-state index >= 15 is 0 Å². The molecule has 2 amide bonds. The average molecular weight is 229 g/mol. The Morgan fingerprint density at radius 3 is 2.73 bits per heavy atom. The molecule has 0 spiro atoms. The SMILES string of the molecule is CN1CC(=O)N(C)c2nc(Cl)[nH]c2C1=O. The number of carbonyl (C=O) groups excluding carboxylic acids is 2. The van der Waals surface area contributed by atoms with Crippen LogP contribution in [0.5, 0.6) is 0 Å². The number of aromatic nitrogens is 2. The standard InChI is InChI=1S/C8H9ClN4O2/c1-12-3-4(14)13(2)6-5(7(12)15)10-8(9)11-6/h3H2,1-2H3,(H,10,11). The highest BCUT2D eigenvalue weighted by Crippen LogP contribution is 2.23. The lowest BCUT2D eigenvalue weighted by Gasteiger charge is -2.14. The van der Waals surface area contributed by atoms with E-state index in [1.807, 2.05) is 0 Å². The summed E-state index contributed by atoms with van der Waals surface area (Å²) in [6, 6.07) is 0. The zero-order chi connectivity index (χ0) is 11.2. The van der Waals surface area contributed by atoms with Crippen molar-refractivity contribution < 1.29 is 9.59 Å². The lowest BCUT2D eigenvalue weighted by Crippen LogP contribution is -2.35. The van der Waals surface area contributed by atoms with Crippen LogP contribution in [0.2, 0.25) is 5.28 Å². The summed E-state index contributed by atoms with van der Waals surface area (Å²) in [5.74, 6) is -0.214. The third-order valence-electron chi connectivity index (χ3n) is 2.28. The van der Waals surface area contributed by atoms with Gasteiger partial charge in [0.05, 0.1) is 0 Å². The zero-order valence-corrected chi connectivity index (χ0v) is 9.00. The van der Waals surface area contributed by atoms with Crippen LogP contribution in [0.1, 0.15) is 10.5 Å². The van der Waals surface area contributed by atoms with E-state index in [0.717, 1.165) is 0 Å². The molecular formula is C8H9ClN4O2. The van der Waals surface area contributed by atoms with Crippen molar-refractivity contribution in [3.63, 3.8) is 0 Å². The molecule has 15 heavy (non-hydrogen) atoms. The van der Waals surface area contributed by atoms with E-state index in [1.165, 1.54) is 9.80 Å². The first kappa shape index (κ1) is 9.97. The third kappa shape index (κ3) is 1.46. The summed E-state index contributed by atoms with van der Waals surface area (Å²) in [6.07, 6.45) is 0. The Hall–Kier alpha value is -1.56. The van der Waals surface area contributed by atoms with Crippen LogP contribution in [-0.2, 0) is 4.79 Å². The quantitative estimate of drug-likeness (QED) is 0.685. The Bertz CT molecular complexity index is 442. The molecule has 0 radical (unpaired) electrons. The van der Waals surface area contributed by atoms with Gasteiger partial charge >= 0.3 is 0 Å². The maximum Gasteiger partial charge on any atom is 0.274 e. The van der Waals surface area contributed by atoms with Crippen LogP contribution in [0, 0.1) is 0 Å². The van der Waals surface area contributed by atoms with E-state index in [2.05, 4.69) is 9.97 Å². The lowest BCUT2D eigenvalue weighted by molar-refractivity contribution is -0.118. The summed E-state index contributed by atoms with van der Waals surface area (Å²) < 4.78 is 0. The molecule has 0 aliphatic carbocycles. The summed E-state index contributed by atoms with van der Waals surface area (Å²) in [5.41, 5.74) is 0.246. The normalized spacial score (nSPS) is 16.7. The fraction of sp³-hybridized carbons (Fsp3) is 0.375. The second-order valence-corrected chi connectivity index (χ2v) is 3.70. The Labute approximate surface area is 90.8 Å². The average Bonchev–Trinajstić information content (AvgIpc) is 2.54. The fourth-order valence-electron chi connectivity index (χ4n) is 1.42. The molecule has 0 saturated carbocycles. The van der Waals surface area contributed by atoms with Gasteiger partial charge in [0.25, 0.3) is 5.91 Å². The molecule has 7 heteroatoms. The molecule has 2 heterocycles. The van der Waals surface area contributed by atoms with Crippen molar-refractivity contribution >= 4 is 29.2 Å². The number of anilines is 1. The summed E-state index contributed by atoms with van der Waals surface area (Å²) in [6.45, 7) is 0.0388. The predicted octanol–water partition coefficient (Wildman–Crippen LogP) is 0.111. The molecule has 1 aromatic heterocycles. The number of likely N-dealkylation sites (N-methyl/N-ethyl adjacent to an activating group) is 2. The second-order valence-electron chi connectivity index (χ2n) is 3.34. The van der Waals surface area contributed by atoms with Crippen molar-refractivity contribution in [2.45, 2.75) is 0 Å². The zero-order valence-electron chi connectivity index (χ0n) is 8.24. The number of imidazole rings is 1. The van der Waals surface area contributed by atoms with E-state index in [9.17, 15) is 9.59 Å². The molecular weight excluding hydrogens is 220 g/mol. The number of nitrogens with one attached hydrogen (secondary N) is 1. The molecule has 1 aliphatic heterocycles. The first-order chi connectivity index (χ1) is 7.00. The van der Waals surface area contributed by atoms with Crippen LogP contribution in [0.4, 0.5) is 5.82 Å². The number of carbonyl (C=O) groups is 2. The minimum absolute atomic E-state index is 0.0388. The lowest BCUT2D eigenvalue weighted by atomic mass is 10.4. The number of H-pyrrole nitrogens is 1. The Morgan fingerprint density at radius 1 is 1.40 bits per heavy atom. The third-order valence-corrected chi connectivity index (χ3v) is 2.46. The van der Waals surface area contributed by atoms with Crippen LogP contribution in [-0.4, -0.2) is 47.3 Å². The number of halogens is 1. The van der Waals surface area contributed by atoms with E-state index < -0.39 is 0 Å². The number of aromatic amines is 1. The van der Waals surface area contributed by atoms with Gasteiger partial charge < -0.3 is 9.88 Å². The van der Waals surface area contributed by atoms with Gasteiger partial charge in [0, 0.05) is 14.1 Å². The molecule has 0 fully saturated rings. The summed E-state index contributed by atoms with van der Waals surface area (Å²) in [4.78, 5) is 32.5. The van der Waals surface area contributed by atoms with Gasteiger partial charge in [-0.25, -0.2) is 0 Å². The van der Waals surface area contributed by atoms with Crippen molar-refractivity contribution in [1.29, 1.82) is 0 Å². The van der Waals surface area contributed by atoms with E-state index in [-0.39, 0.29) is 35.2 Å². The minimum atomic E-state index is -0.290. The Morgan fingerprint density at radius 2 is 2.07 bits per heavy atom. The van der Waals surface area contributed by atoms with Gasteiger partial charge in [-0.2, -0.15) is 4.98 Å². The number of amides is 2. The molecule has 1 aromatic rings. The monoisotopic (exact) mass is 228 g/mol. The van der Waals surface area contributed by atoms with Gasteiger partial charge in [-0.1, -0.05) is 0 Å². The Kier molecular flexibility index (Phi) is 2.15. The highest BCUT2D eigenvalue weighted by molar-refractivity contribution is 6.29. The van der Waals surface area contributed by atoms with Crippen LogP contribution < -0.4 is 4.90 Å². The number of hydrogen-bond donors (Lipinski definition) is 1. The topological polar surface area (TPSA) is 69.3 Å². The minimum Gasteiger partial charge on any atom is -0.331 e. The maximum atomic E-state index is 11.8. The molecule has 2 rings (SSSR count). The van der Waals surface area contributed by atoms with Crippen molar-refractivity contribution in [2.75, 3.05) is 25.5 Å². The number of hydrogen-bond acceptors (Lipinski definition) is 3. The largest absolute Gasteiger partial charge is 0.331 e. The number of nitrogens with zero attached hydrogens (tertiary/aromatic N) is 3. The van der Waals surface area contributed by atoms with Gasteiger partial charge in [0.15, 0.2) is 11.5 Å². The van der Waals surface area contributed by atoms with Crippen LogP contribution in [0.25, 0.3) is 0 Å². The number of rotatable bonds is 0. The molecule has 6 nitrogen and oxygen atoms in total. The van der Waals surface area contributed by atoms with Crippen LogP contribution >= 0.6 is 11.6 Å². The molecule has 0 unspecified atom stereocenters. The van der Waals surface area contributed by atoms with Crippen molar-refractivity contribution in [3.8, 4) is 0 Å². The fourth-order valence-corrected chi connectivity index (χ4v) is 1.59. The van der Waals surface area contributed by atoms with E-state index in [0.29, 0.717) is 0 Å².